The number of carbonyl (C=O) groups excluding carboxylic acids is 1. The van der Waals surface area contributed by atoms with E-state index in [1.54, 1.807) is 11.0 Å². The zero-order chi connectivity index (χ0) is 14.5. The van der Waals surface area contributed by atoms with Crippen LogP contribution in [0, 0.1) is 0 Å². The highest BCUT2D eigenvalue weighted by molar-refractivity contribution is 7.21. The van der Waals surface area contributed by atoms with Crippen molar-refractivity contribution in [2.75, 3.05) is 13.1 Å². The summed E-state index contributed by atoms with van der Waals surface area (Å²) in [6.45, 7) is 2.65. The first-order valence-corrected chi connectivity index (χ1v) is 7.90. The molecule has 1 N–H and O–H groups in total. The van der Waals surface area contributed by atoms with Crippen LogP contribution in [0.1, 0.15) is 23.0 Å². The number of hydrogen-bond donors (Lipinski definition) is 1. The third kappa shape index (κ3) is 2.21. The Balaban J connectivity index is 1.91. The number of carbonyl (C=O) groups is 1. The van der Waals surface area contributed by atoms with Crippen molar-refractivity contribution in [1.29, 1.82) is 0 Å². The molecule has 2 heterocycles. The highest BCUT2D eigenvalue weighted by atomic mass is 35.5. The van der Waals surface area contributed by atoms with Gasteiger partial charge < -0.3 is 10.0 Å². The summed E-state index contributed by atoms with van der Waals surface area (Å²) >= 11 is 13.6. The molecule has 3 nitrogen and oxygen atoms in total. The Morgan fingerprint density at radius 3 is 2.80 bits per heavy atom. The summed E-state index contributed by atoms with van der Waals surface area (Å²) in [7, 11) is 0. The highest BCUT2D eigenvalue weighted by Crippen LogP contribution is 2.38. The molecule has 0 bridgehead atoms. The number of aliphatic hydroxyl groups is 1. The Kier molecular flexibility index (Phi) is 3.45. The summed E-state index contributed by atoms with van der Waals surface area (Å²) in [5.74, 6) is -0.120. The molecule has 0 aliphatic carbocycles. The third-order valence-electron chi connectivity index (χ3n) is 3.70. The van der Waals surface area contributed by atoms with Crippen LogP contribution >= 0.6 is 34.5 Å². The standard InChI is InChI=1S/C14H13Cl2NO2S/c1-2-14(19)6-17(7-14)13(18)12-11(16)9-4-3-8(15)5-10(9)20-12/h3-5,19H,2,6-7H2,1H3. The Hall–Kier alpha value is -0.810. The van der Waals surface area contributed by atoms with Gasteiger partial charge in [-0.05, 0) is 18.6 Å². The number of halogens is 2. The molecule has 0 atom stereocenters. The van der Waals surface area contributed by atoms with Crippen LogP contribution in [0.3, 0.4) is 0 Å². The zero-order valence-electron chi connectivity index (χ0n) is 10.8. The Labute approximate surface area is 130 Å². The molecule has 1 aliphatic heterocycles. The summed E-state index contributed by atoms with van der Waals surface area (Å²) in [5, 5.41) is 11.9. The van der Waals surface area contributed by atoms with Gasteiger partial charge in [-0.15, -0.1) is 11.3 Å². The second-order valence-electron chi connectivity index (χ2n) is 5.12. The van der Waals surface area contributed by atoms with Gasteiger partial charge in [0, 0.05) is 15.1 Å². The SMILES string of the molecule is CCC1(O)CN(C(=O)c2sc3cc(Cl)ccc3c2Cl)C1. The van der Waals surface area contributed by atoms with Crippen LogP contribution in [0.4, 0.5) is 0 Å². The van der Waals surface area contributed by atoms with Gasteiger partial charge >= 0.3 is 0 Å². The average molecular weight is 330 g/mol. The van der Waals surface area contributed by atoms with Crippen LogP contribution in [-0.2, 0) is 0 Å². The van der Waals surface area contributed by atoms with E-state index in [-0.39, 0.29) is 5.91 Å². The maximum absolute atomic E-state index is 12.4. The van der Waals surface area contributed by atoms with Crippen molar-refractivity contribution in [3.8, 4) is 0 Å². The predicted octanol–water partition coefficient (Wildman–Crippen LogP) is 3.81. The molecular weight excluding hydrogens is 317 g/mol. The normalized spacial score (nSPS) is 17.3. The average Bonchev–Trinajstić information content (AvgIpc) is 2.71. The largest absolute Gasteiger partial charge is 0.386 e. The molecular formula is C14H13Cl2NO2S. The number of nitrogens with zero attached hydrogens (tertiary/aromatic N) is 1. The lowest BCUT2D eigenvalue weighted by Crippen LogP contribution is -2.63. The fraction of sp³-hybridized carbons (Fsp3) is 0.357. The molecule has 1 aliphatic rings. The number of fused-ring (bicyclic) bond motifs is 1. The molecule has 0 radical (unpaired) electrons. The van der Waals surface area contributed by atoms with E-state index in [4.69, 9.17) is 23.2 Å². The number of benzene rings is 1. The number of likely N-dealkylation sites (tertiary alicyclic amines) is 1. The van der Waals surface area contributed by atoms with Crippen molar-refractivity contribution in [3.05, 3.63) is 33.1 Å². The first-order chi connectivity index (χ1) is 9.43. The van der Waals surface area contributed by atoms with Gasteiger partial charge in [0.2, 0.25) is 0 Å². The van der Waals surface area contributed by atoms with E-state index in [0.29, 0.717) is 34.4 Å². The minimum Gasteiger partial charge on any atom is -0.386 e. The lowest BCUT2D eigenvalue weighted by atomic mass is 9.91. The molecule has 0 unspecified atom stereocenters. The molecule has 6 heteroatoms. The molecule has 1 amide bonds. The van der Waals surface area contributed by atoms with Gasteiger partial charge in [-0.3, -0.25) is 4.79 Å². The van der Waals surface area contributed by atoms with Crippen LogP contribution in [0.15, 0.2) is 18.2 Å². The number of thiophene rings is 1. The van der Waals surface area contributed by atoms with E-state index in [9.17, 15) is 9.90 Å². The minimum atomic E-state index is -0.734. The predicted molar refractivity (Wildman–Crippen MR) is 83.0 cm³/mol. The maximum atomic E-state index is 12.4. The molecule has 3 rings (SSSR count). The molecule has 20 heavy (non-hydrogen) atoms. The minimum absolute atomic E-state index is 0.120. The van der Waals surface area contributed by atoms with Crippen LogP contribution < -0.4 is 0 Å². The fourth-order valence-electron chi connectivity index (χ4n) is 2.35. The van der Waals surface area contributed by atoms with Crippen LogP contribution in [0.2, 0.25) is 10.0 Å². The summed E-state index contributed by atoms with van der Waals surface area (Å²) in [6, 6.07) is 5.39. The second kappa shape index (κ2) is 4.88. The van der Waals surface area contributed by atoms with Crippen molar-refractivity contribution in [2.24, 2.45) is 0 Å². The fourth-order valence-corrected chi connectivity index (χ4v) is 4.11. The number of rotatable bonds is 2. The van der Waals surface area contributed by atoms with Gasteiger partial charge in [0.15, 0.2) is 0 Å². The first-order valence-electron chi connectivity index (χ1n) is 6.33. The summed E-state index contributed by atoms with van der Waals surface area (Å²) < 4.78 is 0.900. The summed E-state index contributed by atoms with van der Waals surface area (Å²) in [4.78, 5) is 14.6. The zero-order valence-corrected chi connectivity index (χ0v) is 13.1. The molecule has 1 fully saturated rings. The van der Waals surface area contributed by atoms with Gasteiger partial charge in [-0.2, -0.15) is 0 Å². The van der Waals surface area contributed by atoms with Gasteiger partial charge in [-0.25, -0.2) is 0 Å². The van der Waals surface area contributed by atoms with Gasteiger partial charge in [0.25, 0.3) is 5.91 Å². The van der Waals surface area contributed by atoms with E-state index < -0.39 is 5.60 Å². The third-order valence-corrected chi connectivity index (χ3v) is 5.58. The summed E-state index contributed by atoms with van der Waals surface area (Å²) in [5.41, 5.74) is -0.734. The quantitative estimate of drug-likeness (QED) is 0.910. The van der Waals surface area contributed by atoms with Gasteiger partial charge in [-0.1, -0.05) is 36.2 Å². The lowest BCUT2D eigenvalue weighted by Gasteiger charge is -2.45. The molecule has 1 saturated heterocycles. The molecule has 0 saturated carbocycles. The monoisotopic (exact) mass is 329 g/mol. The Morgan fingerprint density at radius 1 is 1.45 bits per heavy atom. The highest BCUT2D eigenvalue weighted by Gasteiger charge is 2.43. The van der Waals surface area contributed by atoms with E-state index in [1.165, 1.54) is 11.3 Å². The van der Waals surface area contributed by atoms with E-state index in [2.05, 4.69) is 0 Å². The van der Waals surface area contributed by atoms with E-state index in [1.807, 2.05) is 19.1 Å². The van der Waals surface area contributed by atoms with E-state index in [0.717, 1.165) is 10.1 Å². The van der Waals surface area contributed by atoms with Crippen LogP contribution in [0.5, 0.6) is 0 Å². The first kappa shape index (κ1) is 14.1. The number of β-amino-alcohol motifs (C(OH)–C–C–N with tert-alkyl or cyclic N) is 1. The van der Waals surface area contributed by atoms with Crippen molar-refractivity contribution < 1.29 is 9.90 Å². The Morgan fingerprint density at radius 2 is 2.15 bits per heavy atom. The number of amides is 1. The topological polar surface area (TPSA) is 40.5 Å². The lowest BCUT2D eigenvalue weighted by molar-refractivity contribution is -0.0824. The maximum Gasteiger partial charge on any atom is 0.265 e. The Bertz CT molecular complexity index is 692. The van der Waals surface area contributed by atoms with Crippen molar-refractivity contribution in [1.82, 2.24) is 4.90 Å². The van der Waals surface area contributed by atoms with Crippen molar-refractivity contribution >= 4 is 50.5 Å². The molecule has 106 valence electrons. The van der Waals surface area contributed by atoms with Crippen LogP contribution in [-0.4, -0.2) is 34.6 Å². The number of hydrogen-bond acceptors (Lipinski definition) is 3. The smallest absolute Gasteiger partial charge is 0.265 e. The summed E-state index contributed by atoms with van der Waals surface area (Å²) in [6.07, 6.45) is 0.645. The van der Waals surface area contributed by atoms with Crippen LogP contribution in [0.25, 0.3) is 10.1 Å². The van der Waals surface area contributed by atoms with Crippen molar-refractivity contribution in [2.45, 2.75) is 18.9 Å². The van der Waals surface area contributed by atoms with Gasteiger partial charge in [0.05, 0.1) is 23.7 Å². The second-order valence-corrected chi connectivity index (χ2v) is 6.99. The molecule has 0 spiro atoms. The molecule has 2 aromatic rings. The van der Waals surface area contributed by atoms with Gasteiger partial charge in [0.1, 0.15) is 4.88 Å². The van der Waals surface area contributed by atoms with E-state index >= 15 is 0 Å². The van der Waals surface area contributed by atoms with Crippen molar-refractivity contribution in [3.63, 3.8) is 0 Å². The molecule has 1 aromatic heterocycles. The molecule has 1 aromatic carbocycles.